The van der Waals surface area contributed by atoms with E-state index in [0.29, 0.717) is 31.9 Å². The molecule has 0 saturated carbocycles. The lowest BCUT2D eigenvalue weighted by Gasteiger charge is -2.43. The monoisotopic (exact) mass is 256 g/mol. The average Bonchev–Trinajstić information content (AvgIpc) is 2.28. The SMILES string of the molecule is CN(Cc1cc(F)ccc1F)CC1(CN)COC1. The van der Waals surface area contributed by atoms with Gasteiger partial charge in [-0.2, -0.15) is 0 Å². The molecule has 1 aliphatic rings. The van der Waals surface area contributed by atoms with Crippen LogP contribution in [0.2, 0.25) is 0 Å². The highest BCUT2D eigenvalue weighted by Gasteiger charge is 2.38. The van der Waals surface area contributed by atoms with Crippen LogP contribution in [0.25, 0.3) is 0 Å². The first-order valence-corrected chi connectivity index (χ1v) is 5.95. The summed E-state index contributed by atoms with van der Waals surface area (Å²) in [6, 6.07) is 3.52. The topological polar surface area (TPSA) is 38.5 Å². The summed E-state index contributed by atoms with van der Waals surface area (Å²) >= 11 is 0. The van der Waals surface area contributed by atoms with Gasteiger partial charge in [0.1, 0.15) is 11.6 Å². The number of nitrogens with two attached hydrogens (primary N) is 1. The number of benzene rings is 1. The molecule has 1 fully saturated rings. The van der Waals surface area contributed by atoms with Crippen LogP contribution in [-0.2, 0) is 11.3 Å². The van der Waals surface area contributed by atoms with Gasteiger partial charge in [0.05, 0.1) is 13.2 Å². The van der Waals surface area contributed by atoms with E-state index < -0.39 is 5.82 Å². The van der Waals surface area contributed by atoms with Crippen LogP contribution >= 0.6 is 0 Å². The van der Waals surface area contributed by atoms with Gasteiger partial charge in [0, 0.05) is 30.6 Å². The van der Waals surface area contributed by atoms with Gasteiger partial charge in [0.2, 0.25) is 0 Å². The fraction of sp³-hybridized carbons (Fsp3) is 0.538. The largest absolute Gasteiger partial charge is 0.380 e. The summed E-state index contributed by atoms with van der Waals surface area (Å²) in [5.74, 6) is -0.796. The minimum atomic E-state index is -0.416. The first-order valence-electron chi connectivity index (χ1n) is 5.95. The lowest BCUT2D eigenvalue weighted by atomic mass is 9.85. The molecule has 0 spiro atoms. The van der Waals surface area contributed by atoms with Crippen LogP contribution < -0.4 is 5.73 Å². The van der Waals surface area contributed by atoms with Crippen molar-refractivity contribution in [2.45, 2.75) is 6.54 Å². The number of nitrogens with zero attached hydrogens (tertiary/aromatic N) is 1. The zero-order valence-corrected chi connectivity index (χ0v) is 10.5. The summed E-state index contributed by atoms with van der Waals surface area (Å²) in [7, 11) is 1.88. The number of rotatable bonds is 5. The molecule has 100 valence electrons. The van der Waals surface area contributed by atoms with Crippen molar-refractivity contribution in [1.82, 2.24) is 4.90 Å². The van der Waals surface area contributed by atoms with Gasteiger partial charge in [-0.3, -0.25) is 0 Å². The van der Waals surface area contributed by atoms with E-state index in [1.807, 2.05) is 11.9 Å². The van der Waals surface area contributed by atoms with Crippen molar-refractivity contribution < 1.29 is 13.5 Å². The maximum atomic E-state index is 13.5. The molecule has 2 rings (SSSR count). The molecule has 1 aromatic rings. The maximum absolute atomic E-state index is 13.5. The fourth-order valence-electron chi connectivity index (χ4n) is 2.25. The van der Waals surface area contributed by atoms with Crippen molar-refractivity contribution in [2.75, 3.05) is 33.4 Å². The molecule has 0 aliphatic carbocycles. The zero-order chi connectivity index (χ0) is 13.2. The lowest BCUT2D eigenvalue weighted by Crippen LogP contribution is -2.54. The maximum Gasteiger partial charge on any atom is 0.127 e. The Morgan fingerprint density at radius 1 is 1.39 bits per heavy atom. The van der Waals surface area contributed by atoms with E-state index in [1.165, 1.54) is 6.07 Å². The highest BCUT2D eigenvalue weighted by Crippen LogP contribution is 2.27. The van der Waals surface area contributed by atoms with Crippen LogP contribution in [0.5, 0.6) is 0 Å². The summed E-state index contributed by atoms with van der Waals surface area (Å²) in [5.41, 5.74) is 6.06. The Morgan fingerprint density at radius 2 is 2.11 bits per heavy atom. The van der Waals surface area contributed by atoms with Gasteiger partial charge in [0.15, 0.2) is 0 Å². The van der Waals surface area contributed by atoms with Crippen molar-refractivity contribution in [1.29, 1.82) is 0 Å². The Morgan fingerprint density at radius 3 is 2.67 bits per heavy atom. The quantitative estimate of drug-likeness (QED) is 0.864. The van der Waals surface area contributed by atoms with Gasteiger partial charge in [-0.25, -0.2) is 8.78 Å². The van der Waals surface area contributed by atoms with Crippen LogP contribution in [0.15, 0.2) is 18.2 Å². The molecule has 2 N–H and O–H groups in total. The molecule has 0 radical (unpaired) electrons. The Kier molecular flexibility index (Phi) is 3.94. The van der Waals surface area contributed by atoms with Crippen LogP contribution in [-0.4, -0.2) is 38.3 Å². The molecule has 0 amide bonds. The van der Waals surface area contributed by atoms with Crippen LogP contribution in [0, 0.1) is 17.0 Å². The van der Waals surface area contributed by atoms with Gasteiger partial charge in [-0.1, -0.05) is 0 Å². The molecule has 1 aliphatic heterocycles. The van der Waals surface area contributed by atoms with E-state index >= 15 is 0 Å². The van der Waals surface area contributed by atoms with Crippen molar-refractivity contribution in [2.24, 2.45) is 11.1 Å². The van der Waals surface area contributed by atoms with Crippen molar-refractivity contribution in [3.8, 4) is 0 Å². The lowest BCUT2D eigenvalue weighted by molar-refractivity contribution is -0.118. The third kappa shape index (κ3) is 2.85. The van der Waals surface area contributed by atoms with Crippen molar-refractivity contribution in [3.63, 3.8) is 0 Å². The molecule has 18 heavy (non-hydrogen) atoms. The molecular formula is C13H18F2N2O. The second-order valence-corrected chi connectivity index (χ2v) is 5.10. The van der Waals surface area contributed by atoms with E-state index in [1.54, 1.807) is 0 Å². The molecule has 0 unspecified atom stereocenters. The predicted octanol–water partition coefficient (Wildman–Crippen LogP) is 1.37. The van der Waals surface area contributed by atoms with Gasteiger partial charge in [-0.15, -0.1) is 0 Å². The van der Waals surface area contributed by atoms with E-state index in [4.69, 9.17) is 10.5 Å². The van der Waals surface area contributed by atoms with Crippen LogP contribution in [0.1, 0.15) is 5.56 Å². The Balaban J connectivity index is 1.98. The Labute approximate surface area is 106 Å². The predicted molar refractivity (Wildman–Crippen MR) is 65.0 cm³/mol. The molecule has 5 heteroatoms. The summed E-state index contributed by atoms with van der Waals surface area (Å²) in [5, 5.41) is 0. The average molecular weight is 256 g/mol. The van der Waals surface area contributed by atoms with Crippen LogP contribution in [0.3, 0.4) is 0 Å². The molecule has 0 atom stereocenters. The minimum absolute atomic E-state index is 0.0292. The number of hydrogen-bond acceptors (Lipinski definition) is 3. The standard InChI is InChI=1S/C13H18F2N2O/c1-17(7-13(6-16)8-18-9-13)5-10-4-11(14)2-3-12(10)15/h2-4H,5-9,16H2,1H3. The molecule has 1 aromatic carbocycles. The molecular weight excluding hydrogens is 238 g/mol. The van der Waals surface area contributed by atoms with Crippen molar-refractivity contribution >= 4 is 0 Å². The molecule has 0 bridgehead atoms. The van der Waals surface area contributed by atoms with E-state index in [2.05, 4.69) is 0 Å². The molecule has 1 saturated heterocycles. The second kappa shape index (κ2) is 5.30. The van der Waals surface area contributed by atoms with Gasteiger partial charge in [0.25, 0.3) is 0 Å². The Bertz CT molecular complexity index is 416. The fourth-order valence-corrected chi connectivity index (χ4v) is 2.25. The first kappa shape index (κ1) is 13.4. The second-order valence-electron chi connectivity index (χ2n) is 5.10. The molecule has 1 heterocycles. The number of ether oxygens (including phenoxy) is 1. The van der Waals surface area contributed by atoms with Gasteiger partial charge < -0.3 is 15.4 Å². The summed E-state index contributed by atoms with van der Waals surface area (Å²) in [6.45, 7) is 2.91. The third-order valence-electron chi connectivity index (χ3n) is 3.30. The van der Waals surface area contributed by atoms with E-state index in [0.717, 1.165) is 18.7 Å². The third-order valence-corrected chi connectivity index (χ3v) is 3.30. The number of hydrogen-bond donors (Lipinski definition) is 1. The Hall–Kier alpha value is -1.04. The zero-order valence-electron chi connectivity index (χ0n) is 10.5. The number of halogens is 2. The molecule has 3 nitrogen and oxygen atoms in total. The van der Waals surface area contributed by atoms with Crippen LogP contribution in [0.4, 0.5) is 8.78 Å². The normalized spacial score (nSPS) is 17.8. The van der Waals surface area contributed by atoms with E-state index in [-0.39, 0.29) is 11.2 Å². The smallest absolute Gasteiger partial charge is 0.127 e. The summed E-state index contributed by atoms with van der Waals surface area (Å²) in [4.78, 5) is 1.95. The summed E-state index contributed by atoms with van der Waals surface area (Å²) < 4.78 is 31.7. The highest BCUT2D eigenvalue weighted by molar-refractivity contribution is 5.18. The molecule has 0 aromatic heterocycles. The first-order chi connectivity index (χ1) is 8.54. The highest BCUT2D eigenvalue weighted by atomic mass is 19.1. The van der Waals surface area contributed by atoms with E-state index in [9.17, 15) is 8.78 Å². The van der Waals surface area contributed by atoms with Gasteiger partial charge in [-0.05, 0) is 25.2 Å². The summed E-state index contributed by atoms with van der Waals surface area (Å²) in [6.07, 6.45) is 0. The van der Waals surface area contributed by atoms with Crippen molar-refractivity contribution in [3.05, 3.63) is 35.4 Å². The van der Waals surface area contributed by atoms with Gasteiger partial charge >= 0.3 is 0 Å². The minimum Gasteiger partial charge on any atom is -0.380 e.